The molecule has 0 radical (unpaired) electrons. The van der Waals surface area contributed by atoms with E-state index >= 15 is 0 Å². The number of alkyl halides is 6. The molecule has 0 aliphatic carbocycles. The standard InChI is InChI=1S/C25H20F6N2O4S/c1-14(24(26,27)28)37-22-9-7-18(38(2,35)36)11-19(22)23(34)33-12-16-6-8-20(32-21(16)13-33)15-4-3-5-17(10-15)25(29,30)31/h3-11,14H,12-13H2,1-2H3/t14-/m0/s1. The van der Waals surface area contributed by atoms with Crippen LogP contribution in [0.15, 0.2) is 59.5 Å². The number of benzene rings is 2. The molecule has 4 rings (SSSR count). The van der Waals surface area contributed by atoms with E-state index in [1.165, 1.54) is 23.1 Å². The number of carbonyl (C=O) groups excluding carboxylic acids is 1. The lowest BCUT2D eigenvalue weighted by Gasteiger charge is -2.22. The Morgan fingerprint density at radius 1 is 1.00 bits per heavy atom. The number of fused-ring (bicyclic) bond motifs is 1. The van der Waals surface area contributed by atoms with Crippen LogP contribution in [0, 0.1) is 0 Å². The van der Waals surface area contributed by atoms with E-state index in [2.05, 4.69) is 4.98 Å². The van der Waals surface area contributed by atoms with Gasteiger partial charge in [-0.3, -0.25) is 9.78 Å². The molecule has 0 bridgehead atoms. The number of aromatic nitrogens is 1. The maximum Gasteiger partial charge on any atom is 0.425 e. The minimum atomic E-state index is -4.73. The average molecular weight is 559 g/mol. The topological polar surface area (TPSA) is 76.6 Å². The molecule has 1 aromatic heterocycles. The first-order valence-electron chi connectivity index (χ1n) is 11.1. The summed E-state index contributed by atoms with van der Waals surface area (Å²) in [5.41, 5.74) is 0.199. The van der Waals surface area contributed by atoms with E-state index < -0.39 is 45.5 Å². The highest BCUT2D eigenvalue weighted by Crippen LogP contribution is 2.34. The zero-order valence-corrected chi connectivity index (χ0v) is 20.7. The Bertz CT molecular complexity index is 1500. The molecule has 6 nitrogen and oxygen atoms in total. The second-order valence-corrected chi connectivity index (χ2v) is 10.8. The Hall–Kier alpha value is -3.61. The van der Waals surface area contributed by atoms with Crippen molar-refractivity contribution in [3.63, 3.8) is 0 Å². The third-order valence-corrected chi connectivity index (χ3v) is 7.03. The van der Waals surface area contributed by atoms with Crippen molar-refractivity contribution in [1.29, 1.82) is 0 Å². The molecule has 0 fully saturated rings. The van der Waals surface area contributed by atoms with Gasteiger partial charge in [-0.25, -0.2) is 8.42 Å². The van der Waals surface area contributed by atoms with Gasteiger partial charge in [0.25, 0.3) is 5.91 Å². The van der Waals surface area contributed by atoms with Crippen molar-refractivity contribution in [2.75, 3.05) is 6.26 Å². The van der Waals surface area contributed by atoms with E-state index in [9.17, 15) is 39.6 Å². The molecule has 0 saturated carbocycles. The third-order valence-electron chi connectivity index (χ3n) is 5.92. The van der Waals surface area contributed by atoms with Gasteiger partial charge < -0.3 is 9.64 Å². The van der Waals surface area contributed by atoms with Crippen LogP contribution < -0.4 is 4.74 Å². The number of hydrogen-bond acceptors (Lipinski definition) is 5. The minimum Gasteiger partial charge on any atom is -0.480 e. The van der Waals surface area contributed by atoms with Crippen molar-refractivity contribution >= 4 is 15.7 Å². The molecule has 38 heavy (non-hydrogen) atoms. The Morgan fingerprint density at radius 2 is 1.71 bits per heavy atom. The Morgan fingerprint density at radius 3 is 2.34 bits per heavy atom. The van der Waals surface area contributed by atoms with Gasteiger partial charge >= 0.3 is 12.4 Å². The van der Waals surface area contributed by atoms with Gasteiger partial charge in [-0.2, -0.15) is 26.3 Å². The molecule has 0 spiro atoms. The molecular formula is C25H20F6N2O4S. The number of carbonyl (C=O) groups is 1. The SMILES string of the molecule is C[C@H](Oc1ccc(S(C)(=O)=O)cc1C(=O)N1Cc2ccc(-c3cccc(C(F)(F)F)c3)nc2C1)C(F)(F)F. The van der Waals surface area contributed by atoms with Gasteiger partial charge in [0, 0.05) is 18.4 Å². The number of pyridine rings is 1. The molecule has 2 aromatic carbocycles. The number of sulfone groups is 1. The van der Waals surface area contributed by atoms with Crippen LogP contribution in [0.5, 0.6) is 5.75 Å². The third kappa shape index (κ3) is 5.77. The minimum absolute atomic E-state index is 0.00139. The van der Waals surface area contributed by atoms with Crippen molar-refractivity contribution in [3.8, 4) is 17.0 Å². The molecule has 1 aliphatic heterocycles. The molecule has 0 N–H and O–H groups in total. The summed E-state index contributed by atoms with van der Waals surface area (Å²) in [6, 6.07) is 10.7. The Balaban J connectivity index is 1.65. The Labute approximate surface area is 213 Å². The molecule has 0 unspecified atom stereocenters. The fraction of sp³-hybridized carbons (Fsp3) is 0.280. The van der Waals surface area contributed by atoms with Crippen molar-refractivity contribution in [2.45, 2.75) is 43.4 Å². The average Bonchev–Trinajstić information content (AvgIpc) is 3.25. The number of amides is 1. The normalized spacial score (nSPS) is 14.8. The van der Waals surface area contributed by atoms with E-state index in [4.69, 9.17) is 4.74 Å². The van der Waals surface area contributed by atoms with Gasteiger partial charge in [0.15, 0.2) is 15.9 Å². The second kappa shape index (κ2) is 9.61. The van der Waals surface area contributed by atoms with Crippen LogP contribution in [-0.2, 0) is 29.1 Å². The lowest BCUT2D eigenvalue weighted by Crippen LogP contribution is -2.32. The summed E-state index contributed by atoms with van der Waals surface area (Å²) in [4.78, 5) is 18.7. The number of ether oxygens (including phenoxy) is 1. The predicted molar refractivity (Wildman–Crippen MR) is 124 cm³/mol. The maximum absolute atomic E-state index is 13.4. The molecule has 2 heterocycles. The summed E-state index contributed by atoms with van der Waals surface area (Å²) in [7, 11) is -3.80. The summed E-state index contributed by atoms with van der Waals surface area (Å²) < 4.78 is 108. The quantitative estimate of drug-likeness (QED) is 0.378. The summed E-state index contributed by atoms with van der Waals surface area (Å²) in [5, 5.41) is 0. The first kappa shape index (κ1) is 27.4. The monoisotopic (exact) mass is 558 g/mol. The number of halogens is 6. The van der Waals surface area contributed by atoms with Gasteiger partial charge in [-0.05, 0) is 48.9 Å². The van der Waals surface area contributed by atoms with Crippen LogP contribution in [0.4, 0.5) is 26.3 Å². The van der Waals surface area contributed by atoms with E-state index in [0.29, 0.717) is 11.3 Å². The molecule has 13 heteroatoms. The summed E-state index contributed by atoms with van der Waals surface area (Å²) >= 11 is 0. The van der Waals surface area contributed by atoms with Gasteiger partial charge in [0.1, 0.15) is 5.75 Å². The highest BCUT2D eigenvalue weighted by Gasteiger charge is 2.39. The van der Waals surface area contributed by atoms with Crippen LogP contribution in [0.25, 0.3) is 11.3 Å². The van der Waals surface area contributed by atoms with Crippen LogP contribution in [0.1, 0.15) is 34.1 Å². The van der Waals surface area contributed by atoms with Gasteiger partial charge in [-0.15, -0.1) is 0 Å². The van der Waals surface area contributed by atoms with Crippen LogP contribution in [-0.4, -0.2) is 42.7 Å². The smallest absolute Gasteiger partial charge is 0.425 e. The zero-order chi connectivity index (χ0) is 28.0. The van der Waals surface area contributed by atoms with Crippen LogP contribution >= 0.6 is 0 Å². The molecule has 1 amide bonds. The van der Waals surface area contributed by atoms with Crippen molar-refractivity contribution in [2.24, 2.45) is 0 Å². The Kier molecular flexibility index (Phi) is 6.93. The number of hydrogen-bond donors (Lipinski definition) is 0. The lowest BCUT2D eigenvalue weighted by molar-refractivity contribution is -0.189. The maximum atomic E-state index is 13.4. The van der Waals surface area contributed by atoms with E-state index in [0.717, 1.165) is 43.5 Å². The van der Waals surface area contributed by atoms with Gasteiger partial charge in [0.2, 0.25) is 0 Å². The predicted octanol–water partition coefficient (Wildman–Crippen LogP) is 5.66. The van der Waals surface area contributed by atoms with Gasteiger partial charge in [-0.1, -0.05) is 18.2 Å². The summed E-state index contributed by atoms with van der Waals surface area (Å²) in [6.07, 6.45) is -10.7. The largest absolute Gasteiger partial charge is 0.480 e. The molecule has 202 valence electrons. The molecule has 0 saturated heterocycles. The van der Waals surface area contributed by atoms with Crippen molar-refractivity contribution in [1.82, 2.24) is 9.88 Å². The fourth-order valence-corrected chi connectivity index (χ4v) is 4.50. The second-order valence-electron chi connectivity index (χ2n) is 8.77. The zero-order valence-electron chi connectivity index (χ0n) is 19.9. The lowest BCUT2D eigenvalue weighted by atomic mass is 10.1. The molecule has 3 aromatic rings. The number of nitrogens with zero attached hydrogens (tertiary/aromatic N) is 2. The van der Waals surface area contributed by atoms with E-state index in [1.807, 2.05) is 0 Å². The van der Waals surface area contributed by atoms with Crippen molar-refractivity contribution < 1.29 is 44.3 Å². The fourth-order valence-electron chi connectivity index (χ4n) is 3.85. The highest BCUT2D eigenvalue weighted by molar-refractivity contribution is 7.90. The van der Waals surface area contributed by atoms with Crippen molar-refractivity contribution in [3.05, 3.63) is 77.0 Å². The summed E-state index contributed by atoms with van der Waals surface area (Å²) in [5.74, 6) is -1.24. The molecular weight excluding hydrogens is 538 g/mol. The molecule has 1 atom stereocenters. The number of rotatable bonds is 5. The first-order valence-corrected chi connectivity index (χ1v) is 13.0. The first-order chi connectivity index (χ1) is 17.5. The van der Waals surface area contributed by atoms with Gasteiger partial charge in [0.05, 0.1) is 34.0 Å². The van der Waals surface area contributed by atoms with Crippen LogP contribution in [0.2, 0.25) is 0 Å². The highest BCUT2D eigenvalue weighted by atomic mass is 32.2. The summed E-state index contributed by atoms with van der Waals surface area (Å²) in [6.45, 7) is 0.656. The van der Waals surface area contributed by atoms with E-state index in [1.54, 1.807) is 6.07 Å². The van der Waals surface area contributed by atoms with Crippen LogP contribution in [0.3, 0.4) is 0 Å². The van der Waals surface area contributed by atoms with E-state index in [-0.39, 0.29) is 34.8 Å². The molecule has 1 aliphatic rings.